The van der Waals surface area contributed by atoms with Crippen molar-refractivity contribution in [1.29, 1.82) is 0 Å². The van der Waals surface area contributed by atoms with Crippen molar-refractivity contribution >= 4 is 28.4 Å². The highest BCUT2D eigenvalue weighted by Crippen LogP contribution is 2.31. The van der Waals surface area contributed by atoms with Gasteiger partial charge in [0.05, 0.1) is 18.1 Å². The lowest BCUT2D eigenvalue weighted by Crippen LogP contribution is -2.52. The molecule has 2 amide bonds. The van der Waals surface area contributed by atoms with Crippen LogP contribution in [0, 0.1) is 12.3 Å². The molecule has 0 spiro atoms. The van der Waals surface area contributed by atoms with Gasteiger partial charge in [0.25, 0.3) is 0 Å². The second kappa shape index (κ2) is 9.21. The smallest absolute Gasteiger partial charge is 0.249 e. The van der Waals surface area contributed by atoms with Gasteiger partial charge in [0.2, 0.25) is 11.8 Å². The first-order valence-corrected chi connectivity index (χ1v) is 10.7. The molecule has 2 heterocycles. The Morgan fingerprint density at radius 1 is 1.25 bits per heavy atom. The first-order valence-electron chi connectivity index (χ1n) is 10.7. The maximum Gasteiger partial charge on any atom is 0.249 e. The van der Waals surface area contributed by atoms with Crippen LogP contribution in [0.4, 0.5) is 5.69 Å². The summed E-state index contributed by atoms with van der Waals surface area (Å²) in [6.07, 6.45) is 8.70. The standard InChI is InChI=1S/C26H26N4O2/c1-4-18-15-28-22-11-7-6-10-20(22)21(18)16-30-24-12-8-5-9-19(24)13-14-23(26(30)32)29-25(31)17(2)27-3/h1,5-12,15,17,23,27H,13-14,16H2,2-3H3,(H,29,31)/t17-,23?/m0/s1. The predicted octanol–water partition coefficient (Wildman–Crippen LogP) is 2.79. The first kappa shape index (κ1) is 21.5. The average Bonchev–Trinajstić information content (AvgIpc) is 2.95. The second-order valence-corrected chi connectivity index (χ2v) is 7.98. The Kier molecular flexibility index (Phi) is 6.20. The van der Waals surface area contributed by atoms with Gasteiger partial charge in [-0.2, -0.15) is 0 Å². The summed E-state index contributed by atoms with van der Waals surface area (Å²) in [6.45, 7) is 2.07. The Bertz CT molecular complexity index is 1210. The summed E-state index contributed by atoms with van der Waals surface area (Å²) in [7, 11) is 1.72. The summed E-state index contributed by atoms with van der Waals surface area (Å²) >= 11 is 0. The van der Waals surface area contributed by atoms with Gasteiger partial charge in [-0.1, -0.05) is 42.3 Å². The van der Waals surface area contributed by atoms with E-state index in [9.17, 15) is 9.59 Å². The molecule has 4 rings (SSSR count). The summed E-state index contributed by atoms with van der Waals surface area (Å²) in [4.78, 5) is 32.5. The Morgan fingerprint density at radius 2 is 2.00 bits per heavy atom. The van der Waals surface area contributed by atoms with Gasteiger partial charge in [0.15, 0.2) is 0 Å². The SMILES string of the molecule is C#Cc1cnc2ccccc2c1CN1C(=O)C(NC(=O)[C@H](C)NC)CCc2ccccc21. The highest BCUT2D eigenvalue weighted by molar-refractivity contribution is 6.01. The van der Waals surface area contributed by atoms with Crippen LogP contribution >= 0.6 is 0 Å². The number of likely N-dealkylation sites (N-methyl/N-ethyl adjacent to an activating group) is 1. The fourth-order valence-corrected chi connectivity index (χ4v) is 4.09. The van der Waals surface area contributed by atoms with Crippen molar-refractivity contribution < 1.29 is 9.59 Å². The average molecular weight is 427 g/mol. The van der Waals surface area contributed by atoms with Crippen molar-refractivity contribution in [3.8, 4) is 12.3 Å². The van der Waals surface area contributed by atoms with Gasteiger partial charge in [-0.15, -0.1) is 6.42 Å². The van der Waals surface area contributed by atoms with E-state index in [4.69, 9.17) is 6.42 Å². The molecule has 162 valence electrons. The van der Waals surface area contributed by atoms with Crippen molar-refractivity contribution in [3.05, 3.63) is 71.4 Å². The van der Waals surface area contributed by atoms with Crippen LogP contribution in [-0.4, -0.2) is 35.9 Å². The Hall–Kier alpha value is -3.69. The minimum Gasteiger partial charge on any atom is -0.343 e. The van der Waals surface area contributed by atoms with Gasteiger partial charge in [-0.3, -0.25) is 14.6 Å². The van der Waals surface area contributed by atoms with Crippen LogP contribution in [-0.2, 0) is 22.6 Å². The minimum atomic E-state index is -0.618. The van der Waals surface area contributed by atoms with E-state index in [1.807, 2.05) is 48.5 Å². The molecule has 0 fully saturated rings. The summed E-state index contributed by atoms with van der Waals surface area (Å²) < 4.78 is 0. The third kappa shape index (κ3) is 4.08. The molecular weight excluding hydrogens is 400 g/mol. The Balaban J connectivity index is 1.77. The number of para-hydroxylation sites is 2. The number of rotatable bonds is 5. The zero-order chi connectivity index (χ0) is 22.7. The van der Waals surface area contributed by atoms with Crippen LogP contribution in [0.15, 0.2) is 54.7 Å². The van der Waals surface area contributed by atoms with E-state index in [0.717, 1.165) is 27.7 Å². The number of pyridine rings is 1. The number of hydrogen-bond donors (Lipinski definition) is 2. The van der Waals surface area contributed by atoms with Gasteiger partial charge in [-0.05, 0) is 50.1 Å². The van der Waals surface area contributed by atoms with Crippen LogP contribution in [0.5, 0.6) is 0 Å². The molecule has 0 saturated carbocycles. The summed E-state index contributed by atoms with van der Waals surface area (Å²) in [6, 6.07) is 14.6. The van der Waals surface area contributed by atoms with Crippen molar-refractivity contribution in [2.24, 2.45) is 0 Å². The Morgan fingerprint density at radius 3 is 2.78 bits per heavy atom. The fraction of sp³-hybridized carbons (Fsp3) is 0.269. The third-order valence-corrected chi connectivity index (χ3v) is 6.05. The highest BCUT2D eigenvalue weighted by atomic mass is 16.2. The molecule has 32 heavy (non-hydrogen) atoms. The van der Waals surface area contributed by atoms with E-state index in [-0.39, 0.29) is 17.9 Å². The number of fused-ring (bicyclic) bond motifs is 2. The summed E-state index contributed by atoms with van der Waals surface area (Å²) in [5.41, 5.74) is 4.27. The molecule has 2 atom stereocenters. The third-order valence-electron chi connectivity index (χ3n) is 6.05. The zero-order valence-electron chi connectivity index (χ0n) is 18.3. The molecule has 6 heteroatoms. The summed E-state index contributed by atoms with van der Waals surface area (Å²) in [5, 5.41) is 6.77. The van der Waals surface area contributed by atoms with E-state index in [0.29, 0.717) is 24.9 Å². The quantitative estimate of drug-likeness (QED) is 0.616. The van der Waals surface area contributed by atoms with Gasteiger partial charge in [-0.25, -0.2) is 0 Å². The van der Waals surface area contributed by atoms with Gasteiger partial charge < -0.3 is 15.5 Å². The Labute approximate surface area is 188 Å². The van der Waals surface area contributed by atoms with Gasteiger partial charge in [0.1, 0.15) is 6.04 Å². The predicted molar refractivity (Wildman–Crippen MR) is 126 cm³/mol. The largest absolute Gasteiger partial charge is 0.343 e. The summed E-state index contributed by atoms with van der Waals surface area (Å²) in [5.74, 6) is 2.38. The lowest BCUT2D eigenvalue weighted by Gasteiger charge is -2.28. The molecule has 1 aromatic heterocycles. The first-order chi connectivity index (χ1) is 15.5. The highest BCUT2D eigenvalue weighted by Gasteiger charge is 2.32. The van der Waals surface area contributed by atoms with Crippen molar-refractivity contribution in [2.75, 3.05) is 11.9 Å². The van der Waals surface area contributed by atoms with Crippen molar-refractivity contribution in [1.82, 2.24) is 15.6 Å². The van der Waals surface area contributed by atoms with Crippen molar-refractivity contribution in [2.45, 2.75) is 38.4 Å². The minimum absolute atomic E-state index is 0.143. The molecule has 2 aromatic carbocycles. The molecule has 1 aliphatic heterocycles. The fourth-order valence-electron chi connectivity index (χ4n) is 4.09. The number of aryl methyl sites for hydroxylation is 1. The van der Waals surface area contributed by atoms with Crippen LogP contribution < -0.4 is 15.5 Å². The molecule has 1 unspecified atom stereocenters. The van der Waals surface area contributed by atoms with Crippen LogP contribution in [0.2, 0.25) is 0 Å². The number of terminal acetylenes is 1. The number of nitrogens with zero attached hydrogens (tertiary/aromatic N) is 2. The molecule has 0 aliphatic carbocycles. The molecule has 0 radical (unpaired) electrons. The maximum atomic E-state index is 13.7. The van der Waals surface area contributed by atoms with E-state index in [2.05, 4.69) is 21.5 Å². The lowest BCUT2D eigenvalue weighted by molar-refractivity contribution is -0.128. The number of carbonyl (C=O) groups is 2. The lowest BCUT2D eigenvalue weighted by atomic mass is 10.0. The van der Waals surface area contributed by atoms with Crippen LogP contribution in [0.1, 0.15) is 30.0 Å². The van der Waals surface area contributed by atoms with E-state index < -0.39 is 6.04 Å². The second-order valence-electron chi connectivity index (χ2n) is 7.98. The van der Waals surface area contributed by atoms with E-state index in [1.54, 1.807) is 25.1 Å². The van der Waals surface area contributed by atoms with Crippen molar-refractivity contribution in [3.63, 3.8) is 0 Å². The molecule has 1 aliphatic rings. The number of hydrogen-bond acceptors (Lipinski definition) is 4. The number of benzene rings is 2. The molecule has 0 bridgehead atoms. The van der Waals surface area contributed by atoms with E-state index >= 15 is 0 Å². The number of amides is 2. The molecular formula is C26H26N4O2. The molecule has 0 saturated heterocycles. The number of aromatic nitrogens is 1. The van der Waals surface area contributed by atoms with Gasteiger partial charge in [0, 0.05) is 22.8 Å². The monoisotopic (exact) mass is 426 g/mol. The zero-order valence-corrected chi connectivity index (χ0v) is 18.3. The number of anilines is 1. The number of nitrogens with one attached hydrogen (secondary N) is 2. The molecule has 3 aromatic rings. The normalized spacial score (nSPS) is 16.7. The maximum absolute atomic E-state index is 13.7. The van der Waals surface area contributed by atoms with Crippen LogP contribution in [0.3, 0.4) is 0 Å². The topological polar surface area (TPSA) is 74.3 Å². The molecule has 6 nitrogen and oxygen atoms in total. The van der Waals surface area contributed by atoms with E-state index in [1.165, 1.54) is 0 Å². The molecule has 2 N–H and O–H groups in total. The van der Waals surface area contributed by atoms with Crippen LogP contribution in [0.25, 0.3) is 10.9 Å². The van der Waals surface area contributed by atoms with Gasteiger partial charge >= 0.3 is 0 Å². The number of carbonyl (C=O) groups excluding carboxylic acids is 2.